The number of carbonyl (C=O) groups is 1. The molecule has 0 fully saturated rings. The van der Waals surface area contributed by atoms with Crippen molar-refractivity contribution in [1.82, 2.24) is 10.1 Å². The summed E-state index contributed by atoms with van der Waals surface area (Å²) in [5.41, 5.74) is 2.20. The van der Waals surface area contributed by atoms with E-state index in [1.54, 1.807) is 6.07 Å². The summed E-state index contributed by atoms with van der Waals surface area (Å²) in [5.74, 6) is 0.885. The molecule has 0 bridgehead atoms. The number of hydrogen-bond donors (Lipinski definition) is 1. The monoisotopic (exact) mass is 265 g/mol. The number of rotatable bonds is 4. The maximum Gasteiger partial charge on any atom is 0.260 e. The molecule has 1 N–H and O–H groups in total. The largest absolute Gasteiger partial charge is 0.334 e. The van der Waals surface area contributed by atoms with E-state index >= 15 is 0 Å². The Kier molecular flexibility index (Phi) is 3.24. The van der Waals surface area contributed by atoms with Crippen molar-refractivity contribution >= 4 is 12.1 Å². The third-order valence-electron chi connectivity index (χ3n) is 2.83. The van der Waals surface area contributed by atoms with Crippen molar-refractivity contribution in [2.75, 3.05) is 5.32 Å². The standard InChI is InChI=1S/C15H11N3O2/c19-10-16-13-9-5-4-8-12(13)15-17-14(18-20-15)11-6-2-1-3-7-11/h1-10H,(H,16,19). The Morgan fingerprint density at radius 1 is 1.00 bits per heavy atom. The van der Waals surface area contributed by atoms with Gasteiger partial charge in [0, 0.05) is 5.56 Å². The molecule has 0 radical (unpaired) electrons. The van der Waals surface area contributed by atoms with Crippen molar-refractivity contribution < 1.29 is 9.32 Å². The van der Waals surface area contributed by atoms with E-state index in [1.807, 2.05) is 48.5 Å². The molecule has 0 aliphatic rings. The predicted molar refractivity (Wildman–Crippen MR) is 74.9 cm³/mol. The Balaban J connectivity index is 2.00. The second kappa shape index (κ2) is 5.36. The molecular formula is C15H11N3O2. The van der Waals surface area contributed by atoms with E-state index in [4.69, 9.17) is 4.52 Å². The van der Waals surface area contributed by atoms with Gasteiger partial charge in [-0.1, -0.05) is 47.6 Å². The topological polar surface area (TPSA) is 68.0 Å². The van der Waals surface area contributed by atoms with Gasteiger partial charge in [0.2, 0.25) is 12.2 Å². The number of anilines is 1. The van der Waals surface area contributed by atoms with Crippen LogP contribution < -0.4 is 5.32 Å². The van der Waals surface area contributed by atoms with Crippen LogP contribution in [0.5, 0.6) is 0 Å². The fourth-order valence-electron chi connectivity index (χ4n) is 1.90. The van der Waals surface area contributed by atoms with Gasteiger partial charge in [0.25, 0.3) is 5.89 Å². The third kappa shape index (κ3) is 2.29. The van der Waals surface area contributed by atoms with E-state index in [1.165, 1.54) is 0 Å². The summed E-state index contributed by atoms with van der Waals surface area (Å²) < 4.78 is 5.28. The highest BCUT2D eigenvalue weighted by molar-refractivity contribution is 5.82. The number of aromatic nitrogens is 2. The summed E-state index contributed by atoms with van der Waals surface area (Å²) >= 11 is 0. The number of nitrogens with one attached hydrogen (secondary N) is 1. The molecule has 5 nitrogen and oxygen atoms in total. The summed E-state index contributed by atoms with van der Waals surface area (Å²) in [6.07, 6.45) is 0.618. The molecule has 0 saturated carbocycles. The summed E-state index contributed by atoms with van der Waals surface area (Å²) in [6, 6.07) is 16.8. The van der Waals surface area contributed by atoms with Crippen LogP contribution in [-0.2, 0) is 4.79 Å². The van der Waals surface area contributed by atoms with Crippen LogP contribution in [0.3, 0.4) is 0 Å². The molecule has 0 unspecified atom stereocenters. The van der Waals surface area contributed by atoms with Gasteiger partial charge >= 0.3 is 0 Å². The van der Waals surface area contributed by atoms with Gasteiger partial charge in [-0.2, -0.15) is 4.98 Å². The zero-order chi connectivity index (χ0) is 13.8. The summed E-state index contributed by atoms with van der Waals surface area (Å²) in [6.45, 7) is 0. The van der Waals surface area contributed by atoms with Gasteiger partial charge in [0.15, 0.2) is 0 Å². The molecular weight excluding hydrogens is 254 g/mol. The molecule has 0 aliphatic heterocycles. The number of nitrogens with zero attached hydrogens (tertiary/aromatic N) is 2. The van der Waals surface area contributed by atoms with E-state index in [9.17, 15) is 4.79 Å². The quantitative estimate of drug-likeness (QED) is 0.736. The minimum Gasteiger partial charge on any atom is -0.334 e. The van der Waals surface area contributed by atoms with Crippen LogP contribution in [0.2, 0.25) is 0 Å². The fourth-order valence-corrected chi connectivity index (χ4v) is 1.90. The van der Waals surface area contributed by atoms with E-state index < -0.39 is 0 Å². The average Bonchev–Trinajstić information content (AvgIpc) is 2.99. The Labute approximate surface area is 115 Å². The molecule has 0 atom stereocenters. The van der Waals surface area contributed by atoms with Crippen LogP contribution >= 0.6 is 0 Å². The minimum absolute atomic E-state index is 0.369. The van der Waals surface area contributed by atoms with Gasteiger partial charge in [-0.05, 0) is 12.1 Å². The number of para-hydroxylation sites is 1. The smallest absolute Gasteiger partial charge is 0.260 e. The second-order valence-electron chi connectivity index (χ2n) is 4.10. The third-order valence-corrected chi connectivity index (χ3v) is 2.83. The van der Waals surface area contributed by atoms with Crippen molar-refractivity contribution in [3.05, 3.63) is 54.6 Å². The van der Waals surface area contributed by atoms with Crippen molar-refractivity contribution in [3.8, 4) is 22.8 Å². The lowest BCUT2D eigenvalue weighted by molar-refractivity contribution is -0.105. The Hall–Kier alpha value is -2.95. The molecule has 3 rings (SSSR count). The number of amides is 1. The Bertz CT molecular complexity index is 723. The highest BCUT2D eigenvalue weighted by Crippen LogP contribution is 2.27. The highest BCUT2D eigenvalue weighted by Gasteiger charge is 2.13. The predicted octanol–water partition coefficient (Wildman–Crippen LogP) is 2.97. The molecule has 20 heavy (non-hydrogen) atoms. The molecule has 1 heterocycles. The lowest BCUT2D eigenvalue weighted by atomic mass is 10.1. The van der Waals surface area contributed by atoms with Crippen LogP contribution in [0, 0.1) is 0 Å². The molecule has 2 aromatic carbocycles. The normalized spacial score (nSPS) is 10.2. The van der Waals surface area contributed by atoms with Gasteiger partial charge in [-0.15, -0.1) is 0 Å². The number of carbonyl (C=O) groups excluding carboxylic acids is 1. The van der Waals surface area contributed by atoms with E-state index in [0.29, 0.717) is 29.4 Å². The van der Waals surface area contributed by atoms with Crippen LogP contribution in [0.15, 0.2) is 59.1 Å². The molecule has 0 aliphatic carbocycles. The molecule has 3 aromatic rings. The summed E-state index contributed by atoms with van der Waals surface area (Å²) in [5, 5.41) is 6.58. The van der Waals surface area contributed by atoms with Crippen LogP contribution in [0.4, 0.5) is 5.69 Å². The highest BCUT2D eigenvalue weighted by atomic mass is 16.5. The van der Waals surface area contributed by atoms with Crippen LogP contribution in [-0.4, -0.2) is 16.6 Å². The van der Waals surface area contributed by atoms with Crippen LogP contribution in [0.25, 0.3) is 22.8 Å². The van der Waals surface area contributed by atoms with Gasteiger partial charge in [0.05, 0.1) is 11.3 Å². The van der Waals surface area contributed by atoms with E-state index in [-0.39, 0.29) is 0 Å². The zero-order valence-corrected chi connectivity index (χ0v) is 10.5. The molecule has 1 amide bonds. The molecule has 98 valence electrons. The number of hydrogen-bond acceptors (Lipinski definition) is 4. The lowest BCUT2D eigenvalue weighted by Gasteiger charge is -2.02. The van der Waals surface area contributed by atoms with Crippen LogP contribution in [0.1, 0.15) is 0 Å². The maximum atomic E-state index is 10.6. The minimum atomic E-state index is 0.369. The molecule has 0 spiro atoms. The van der Waals surface area contributed by atoms with Gasteiger partial charge in [-0.25, -0.2) is 0 Å². The maximum absolute atomic E-state index is 10.6. The van der Waals surface area contributed by atoms with Crippen molar-refractivity contribution in [1.29, 1.82) is 0 Å². The Morgan fingerprint density at radius 3 is 2.55 bits per heavy atom. The average molecular weight is 265 g/mol. The van der Waals surface area contributed by atoms with E-state index in [2.05, 4.69) is 15.5 Å². The molecule has 1 aromatic heterocycles. The van der Waals surface area contributed by atoms with Crippen molar-refractivity contribution in [2.24, 2.45) is 0 Å². The zero-order valence-electron chi connectivity index (χ0n) is 10.5. The van der Waals surface area contributed by atoms with Gasteiger partial charge in [0.1, 0.15) is 0 Å². The second-order valence-corrected chi connectivity index (χ2v) is 4.10. The van der Waals surface area contributed by atoms with Gasteiger partial charge < -0.3 is 9.84 Å². The molecule has 0 saturated heterocycles. The first-order valence-electron chi connectivity index (χ1n) is 6.07. The van der Waals surface area contributed by atoms with E-state index in [0.717, 1.165) is 5.56 Å². The Morgan fingerprint density at radius 2 is 1.75 bits per heavy atom. The summed E-state index contributed by atoms with van der Waals surface area (Å²) in [4.78, 5) is 15.0. The first-order chi connectivity index (χ1) is 9.88. The first kappa shape index (κ1) is 12.1. The molecule has 5 heteroatoms. The SMILES string of the molecule is O=CNc1ccccc1-c1nc(-c2ccccc2)no1. The first-order valence-corrected chi connectivity index (χ1v) is 6.07. The fraction of sp³-hybridized carbons (Fsp3) is 0. The van der Waals surface area contributed by atoms with Gasteiger partial charge in [-0.3, -0.25) is 4.79 Å². The van der Waals surface area contributed by atoms with Crippen molar-refractivity contribution in [2.45, 2.75) is 0 Å². The lowest BCUT2D eigenvalue weighted by Crippen LogP contribution is -1.96. The van der Waals surface area contributed by atoms with Crippen molar-refractivity contribution in [3.63, 3.8) is 0 Å². The number of benzene rings is 2. The summed E-state index contributed by atoms with van der Waals surface area (Å²) in [7, 11) is 0.